The van der Waals surface area contributed by atoms with Crippen molar-refractivity contribution < 1.29 is 13.2 Å². The van der Waals surface area contributed by atoms with E-state index in [2.05, 4.69) is 106 Å². The van der Waals surface area contributed by atoms with Crippen LogP contribution in [0.15, 0.2) is 170 Å². The van der Waals surface area contributed by atoms with Gasteiger partial charge in [-0.25, -0.2) is 9.97 Å². The van der Waals surface area contributed by atoms with Crippen LogP contribution >= 0.6 is 0 Å². The second kappa shape index (κ2) is 12.6. The molecule has 0 aliphatic heterocycles. The predicted octanol–water partition coefficient (Wildman–Crippen LogP) is 13.0. The Morgan fingerprint density at radius 1 is 0.418 bits per heavy atom. The summed E-state index contributed by atoms with van der Waals surface area (Å²) in [6.45, 7) is 2.03. The molecule has 264 valence electrons. The Morgan fingerprint density at radius 3 is 1.60 bits per heavy atom. The summed E-state index contributed by atoms with van der Waals surface area (Å²) < 4.78 is 45.0. The molecular weight excluding hydrogens is 690 g/mol. The fraction of sp³-hybridized carbons (Fsp3) is 0.0417. The van der Waals surface area contributed by atoms with Crippen molar-refractivity contribution in [3.8, 4) is 45.3 Å². The number of alkyl halides is 3. The van der Waals surface area contributed by atoms with Crippen molar-refractivity contribution in [3.05, 3.63) is 181 Å². The number of halogens is 3. The van der Waals surface area contributed by atoms with E-state index in [0.29, 0.717) is 22.9 Å². The van der Waals surface area contributed by atoms with Gasteiger partial charge in [0.1, 0.15) is 0 Å². The molecule has 0 aliphatic rings. The van der Waals surface area contributed by atoms with Gasteiger partial charge in [-0.1, -0.05) is 115 Å². The molecule has 7 aromatic carbocycles. The molecule has 10 aromatic rings. The van der Waals surface area contributed by atoms with Gasteiger partial charge in [-0.05, 0) is 78.7 Å². The van der Waals surface area contributed by atoms with E-state index < -0.39 is 11.7 Å². The van der Waals surface area contributed by atoms with E-state index in [0.717, 1.165) is 78.3 Å². The average Bonchev–Trinajstić information content (AvgIpc) is 3.73. The first-order chi connectivity index (χ1) is 26.8. The van der Waals surface area contributed by atoms with Crippen LogP contribution in [0.2, 0.25) is 0 Å². The summed E-state index contributed by atoms with van der Waals surface area (Å²) in [5.74, 6) is 0.428. The molecular formula is C48H31F3N4. The van der Waals surface area contributed by atoms with Crippen molar-refractivity contribution in [2.24, 2.45) is 0 Å². The molecule has 0 N–H and O–H groups in total. The van der Waals surface area contributed by atoms with E-state index >= 15 is 0 Å². The lowest BCUT2D eigenvalue weighted by atomic mass is 10.0. The largest absolute Gasteiger partial charge is 0.416 e. The number of aryl methyl sites for hydroxylation is 1. The molecule has 0 fully saturated rings. The lowest BCUT2D eigenvalue weighted by molar-refractivity contribution is -0.137. The van der Waals surface area contributed by atoms with Crippen molar-refractivity contribution in [2.75, 3.05) is 0 Å². The third kappa shape index (κ3) is 5.55. The van der Waals surface area contributed by atoms with Gasteiger partial charge >= 0.3 is 6.18 Å². The molecule has 55 heavy (non-hydrogen) atoms. The SMILES string of the molecule is Cc1ccc(-c2cc(-c3ccc(C(F)(F)F)cc3)nc(-n3c4ccccc4c4ccc(-c5ccc6c(c5)c5ccccc5n6-c5ccccc5)cc43)n2)cc1. The number of para-hydroxylation sites is 3. The lowest BCUT2D eigenvalue weighted by Crippen LogP contribution is -2.05. The Labute approximate surface area is 314 Å². The maximum atomic E-state index is 13.5. The van der Waals surface area contributed by atoms with Crippen LogP contribution in [0, 0.1) is 6.92 Å². The monoisotopic (exact) mass is 720 g/mol. The summed E-state index contributed by atoms with van der Waals surface area (Å²) in [4.78, 5) is 10.2. The van der Waals surface area contributed by atoms with Crippen molar-refractivity contribution in [1.29, 1.82) is 0 Å². The van der Waals surface area contributed by atoms with Crippen LogP contribution in [-0.2, 0) is 6.18 Å². The number of rotatable bonds is 5. The molecule has 7 heteroatoms. The van der Waals surface area contributed by atoms with E-state index in [1.807, 2.05) is 55.5 Å². The van der Waals surface area contributed by atoms with Crippen LogP contribution < -0.4 is 0 Å². The van der Waals surface area contributed by atoms with Gasteiger partial charge in [0.05, 0.1) is 39.0 Å². The smallest absolute Gasteiger partial charge is 0.309 e. The summed E-state index contributed by atoms with van der Waals surface area (Å²) in [7, 11) is 0. The van der Waals surface area contributed by atoms with Gasteiger partial charge in [-0.15, -0.1) is 0 Å². The molecule has 0 radical (unpaired) electrons. The van der Waals surface area contributed by atoms with Crippen LogP contribution in [0.25, 0.3) is 88.9 Å². The van der Waals surface area contributed by atoms with Crippen molar-refractivity contribution >= 4 is 43.6 Å². The standard InChI is InChI=1S/C48H31F3N4/c1-30-15-17-31(18-16-30)41-29-42(32-19-23-35(24-20-32)48(49,50)51)53-47(52-41)55-44-14-8-5-11-37(44)39-25-21-34(28-46(39)55)33-22-26-45-40(27-33)38-12-6-7-13-43(38)54(45)36-9-3-2-4-10-36/h2-29H,1H3. The summed E-state index contributed by atoms with van der Waals surface area (Å²) in [5.41, 5.74) is 10.4. The number of benzene rings is 7. The molecule has 0 bridgehead atoms. The Hall–Kier alpha value is -6.99. The van der Waals surface area contributed by atoms with Gasteiger partial charge in [0.25, 0.3) is 0 Å². The fourth-order valence-electron chi connectivity index (χ4n) is 7.76. The van der Waals surface area contributed by atoms with Crippen LogP contribution in [-0.4, -0.2) is 19.1 Å². The Bertz CT molecular complexity index is 3070. The number of fused-ring (bicyclic) bond motifs is 6. The topological polar surface area (TPSA) is 35.6 Å². The van der Waals surface area contributed by atoms with Crippen molar-refractivity contribution in [1.82, 2.24) is 19.1 Å². The summed E-state index contributed by atoms with van der Waals surface area (Å²) >= 11 is 0. The third-order valence-corrected chi connectivity index (χ3v) is 10.5. The van der Waals surface area contributed by atoms with Gasteiger partial charge in [-0.2, -0.15) is 13.2 Å². The van der Waals surface area contributed by atoms with Crippen LogP contribution in [0.5, 0.6) is 0 Å². The lowest BCUT2D eigenvalue weighted by Gasteiger charge is -2.13. The van der Waals surface area contributed by atoms with E-state index in [-0.39, 0.29) is 0 Å². The maximum Gasteiger partial charge on any atom is 0.416 e. The van der Waals surface area contributed by atoms with Crippen molar-refractivity contribution in [2.45, 2.75) is 13.1 Å². The van der Waals surface area contributed by atoms with E-state index in [1.54, 1.807) is 0 Å². The van der Waals surface area contributed by atoms with Crippen molar-refractivity contribution in [3.63, 3.8) is 0 Å². The second-order valence-corrected chi connectivity index (χ2v) is 13.9. The maximum absolute atomic E-state index is 13.5. The highest BCUT2D eigenvalue weighted by Gasteiger charge is 2.30. The molecule has 4 nitrogen and oxygen atoms in total. The fourth-order valence-corrected chi connectivity index (χ4v) is 7.76. The zero-order valence-corrected chi connectivity index (χ0v) is 29.6. The first-order valence-electron chi connectivity index (χ1n) is 18.1. The summed E-state index contributed by atoms with van der Waals surface area (Å²) in [6.07, 6.45) is -4.44. The Morgan fingerprint density at radius 2 is 0.927 bits per heavy atom. The van der Waals surface area contributed by atoms with Gasteiger partial charge in [0.2, 0.25) is 5.95 Å². The minimum Gasteiger partial charge on any atom is -0.309 e. The van der Waals surface area contributed by atoms with Gasteiger partial charge in [0.15, 0.2) is 0 Å². The highest BCUT2D eigenvalue weighted by Crippen LogP contribution is 2.39. The van der Waals surface area contributed by atoms with Crippen LogP contribution in [0.3, 0.4) is 0 Å². The molecule has 0 saturated carbocycles. The van der Waals surface area contributed by atoms with Gasteiger partial charge in [0, 0.05) is 38.4 Å². The molecule has 0 amide bonds. The molecule has 0 atom stereocenters. The molecule has 0 aliphatic carbocycles. The quantitative estimate of drug-likeness (QED) is 0.177. The number of hydrogen-bond donors (Lipinski definition) is 0. The Balaban J connectivity index is 1.18. The Kier molecular flexibility index (Phi) is 7.46. The van der Waals surface area contributed by atoms with Crippen LogP contribution in [0.1, 0.15) is 11.1 Å². The number of nitrogens with zero attached hydrogens (tertiary/aromatic N) is 4. The van der Waals surface area contributed by atoms with Gasteiger partial charge < -0.3 is 4.57 Å². The average molecular weight is 721 g/mol. The molecule has 0 unspecified atom stereocenters. The third-order valence-electron chi connectivity index (χ3n) is 10.5. The van der Waals surface area contributed by atoms with Gasteiger partial charge in [-0.3, -0.25) is 4.57 Å². The highest BCUT2D eigenvalue weighted by atomic mass is 19.4. The van der Waals surface area contributed by atoms with E-state index in [9.17, 15) is 13.2 Å². The molecule has 3 aromatic heterocycles. The molecule has 0 spiro atoms. The predicted molar refractivity (Wildman–Crippen MR) is 217 cm³/mol. The zero-order chi connectivity index (χ0) is 37.3. The zero-order valence-electron chi connectivity index (χ0n) is 29.6. The molecule has 3 heterocycles. The highest BCUT2D eigenvalue weighted by molar-refractivity contribution is 6.12. The van der Waals surface area contributed by atoms with Crippen LogP contribution in [0.4, 0.5) is 13.2 Å². The summed E-state index contributed by atoms with van der Waals surface area (Å²) in [6, 6.07) is 55.3. The second-order valence-electron chi connectivity index (χ2n) is 13.9. The first-order valence-corrected chi connectivity index (χ1v) is 18.1. The summed E-state index contributed by atoms with van der Waals surface area (Å²) in [5, 5.41) is 4.43. The first kappa shape index (κ1) is 32.6. The number of aromatic nitrogens is 4. The minimum absolute atomic E-state index is 0.428. The molecule has 10 rings (SSSR count). The normalized spacial score (nSPS) is 12.0. The minimum atomic E-state index is -4.44. The molecule has 0 saturated heterocycles. The number of hydrogen-bond acceptors (Lipinski definition) is 2. The van der Waals surface area contributed by atoms with E-state index in [4.69, 9.17) is 9.97 Å². The van der Waals surface area contributed by atoms with E-state index in [1.165, 1.54) is 17.5 Å².